The zero-order valence-corrected chi connectivity index (χ0v) is 25.1. The molecule has 0 aliphatic carbocycles. The number of aromatic nitrogens is 4. The van der Waals surface area contributed by atoms with Crippen molar-refractivity contribution in [2.75, 3.05) is 12.4 Å². The SMILES string of the molecule is C/C=C/[C@H]1O[C@@H](n2cnc3c(NC(c4ccccc4)(c4ccccc4)c4ccc(OC)cc4)ncnc32)[C@@H]2OC(C)(C)O[C@@H]21. The van der Waals surface area contributed by atoms with Crippen LogP contribution in [0.5, 0.6) is 5.75 Å². The predicted octanol–water partition coefficient (Wildman–Crippen LogP) is 6.23. The average molecular weight is 590 g/mol. The van der Waals surface area contributed by atoms with Gasteiger partial charge in [0, 0.05) is 0 Å². The number of fused-ring (bicyclic) bond motifs is 2. The van der Waals surface area contributed by atoms with Crippen molar-refractivity contribution in [2.45, 2.75) is 56.6 Å². The molecule has 3 aromatic carbocycles. The van der Waals surface area contributed by atoms with Crippen molar-refractivity contribution in [1.82, 2.24) is 19.5 Å². The van der Waals surface area contributed by atoms with Crippen molar-refractivity contribution in [1.29, 1.82) is 0 Å². The first-order valence-corrected chi connectivity index (χ1v) is 14.8. The number of hydrogen-bond donors (Lipinski definition) is 1. The first kappa shape index (κ1) is 28.2. The molecule has 9 nitrogen and oxygen atoms in total. The number of imidazole rings is 1. The van der Waals surface area contributed by atoms with E-state index in [1.807, 2.05) is 86.0 Å². The lowest BCUT2D eigenvalue weighted by Crippen LogP contribution is -2.38. The van der Waals surface area contributed by atoms with Gasteiger partial charge in [-0.1, -0.05) is 84.9 Å². The minimum atomic E-state index is -0.821. The van der Waals surface area contributed by atoms with Crippen LogP contribution in [0, 0.1) is 0 Å². The quantitative estimate of drug-likeness (QED) is 0.168. The maximum atomic E-state index is 6.48. The van der Waals surface area contributed by atoms with Gasteiger partial charge >= 0.3 is 0 Å². The van der Waals surface area contributed by atoms with E-state index < -0.39 is 17.6 Å². The summed E-state index contributed by atoms with van der Waals surface area (Å²) < 4.78 is 26.5. The summed E-state index contributed by atoms with van der Waals surface area (Å²) in [5.74, 6) is 0.638. The molecule has 0 saturated carbocycles. The second kappa shape index (κ2) is 11.2. The second-order valence-corrected chi connectivity index (χ2v) is 11.5. The maximum Gasteiger partial charge on any atom is 0.167 e. The molecule has 2 aliphatic rings. The van der Waals surface area contributed by atoms with Gasteiger partial charge in [-0.15, -0.1) is 0 Å². The molecule has 2 fully saturated rings. The van der Waals surface area contributed by atoms with Crippen LogP contribution in [0.15, 0.2) is 110 Å². The molecule has 0 radical (unpaired) electrons. The van der Waals surface area contributed by atoms with Crippen LogP contribution in [-0.4, -0.2) is 50.7 Å². The average Bonchev–Trinajstić information content (AvgIpc) is 3.72. The Morgan fingerprint density at radius 3 is 2.11 bits per heavy atom. The number of ether oxygens (including phenoxy) is 4. The number of allylic oxidation sites excluding steroid dienone is 1. The fourth-order valence-electron chi connectivity index (χ4n) is 6.42. The minimum absolute atomic E-state index is 0.248. The van der Waals surface area contributed by atoms with Gasteiger partial charge in [0.25, 0.3) is 0 Å². The van der Waals surface area contributed by atoms with E-state index >= 15 is 0 Å². The van der Waals surface area contributed by atoms with Crippen LogP contribution in [-0.2, 0) is 19.7 Å². The second-order valence-electron chi connectivity index (χ2n) is 11.5. The van der Waals surface area contributed by atoms with E-state index in [1.54, 1.807) is 19.8 Å². The van der Waals surface area contributed by atoms with Gasteiger partial charge in [0.2, 0.25) is 0 Å². The van der Waals surface area contributed by atoms with Crippen LogP contribution in [0.1, 0.15) is 43.7 Å². The van der Waals surface area contributed by atoms with Gasteiger partial charge in [0.15, 0.2) is 29.0 Å². The topological polar surface area (TPSA) is 92.6 Å². The Morgan fingerprint density at radius 1 is 0.841 bits per heavy atom. The Morgan fingerprint density at radius 2 is 1.48 bits per heavy atom. The highest BCUT2D eigenvalue weighted by Gasteiger charge is 2.55. The van der Waals surface area contributed by atoms with Crippen LogP contribution in [0.25, 0.3) is 11.2 Å². The van der Waals surface area contributed by atoms with Crippen molar-refractivity contribution in [2.24, 2.45) is 0 Å². The van der Waals surface area contributed by atoms with E-state index in [-0.39, 0.29) is 18.3 Å². The maximum absolute atomic E-state index is 6.48. The fourth-order valence-corrected chi connectivity index (χ4v) is 6.42. The molecule has 224 valence electrons. The Balaban J connectivity index is 1.37. The zero-order valence-electron chi connectivity index (χ0n) is 25.1. The van der Waals surface area contributed by atoms with Crippen LogP contribution in [0.4, 0.5) is 5.82 Å². The highest BCUT2D eigenvalue weighted by molar-refractivity contribution is 5.84. The van der Waals surface area contributed by atoms with E-state index in [2.05, 4.69) is 46.7 Å². The molecule has 9 heteroatoms. The van der Waals surface area contributed by atoms with Crippen LogP contribution < -0.4 is 10.1 Å². The molecule has 1 N–H and O–H groups in total. The minimum Gasteiger partial charge on any atom is -0.497 e. The van der Waals surface area contributed by atoms with Crippen LogP contribution >= 0.6 is 0 Å². The predicted molar refractivity (Wildman–Crippen MR) is 167 cm³/mol. The van der Waals surface area contributed by atoms with Crippen molar-refractivity contribution in [3.05, 3.63) is 126 Å². The summed E-state index contributed by atoms with van der Waals surface area (Å²) in [5, 5.41) is 3.84. The third-order valence-electron chi connectivity index (χ3n) is 8.32. The van der Waals surface area contributed by atoms with Gasteiger partial charge in [0.05, 0.1) is 13.4 Å². The van der Waals surface area contributed by atoms with Gasteiger partial charge in [-0.3, -0.25) is 4.57 Å². The zero-order chi connectivity index (χ0) is 30.3. The Bertz CT molecular complexity index is 1730. The molecule has 5 aromatic rings. The smallest absolute Gasteiger partial charge is 0.167 e. The van der Waals surface area contributed by atoms with E-state index in [0.29, 0.717) is 17.0 Å². The van der Waals surface area contributed by atoms with Crippen molar-refractivity contribution in [3.63, 3.8) is 0 Å². The van der Waals surface area contributed by atoms with Crippen molar-refractivity contribution >= 4 is 17.0 Å². The molecule has 2 saturated heterocycles. The van der Waals surface area contributed by atoms with E-state index in [1.165, 1.54) is 0 Å². The van der Waals surface area contributed by atoms with Crippen molar-refractivity contribution < 1.29 is 18.9 Å². The number of methoxy groups -OCH3 is 1. The summed E-state index contributed by atoms with van der Waals surface area (Å²) in [6.07, 6.45) is 5.97. The van der Waals surface area contributed by atoms with Gasteiger partial charge < -0.3 is 24.3 Å². The summed E-state index contributed by atoms with van der Waals surface area (Å²) >= 11 is 0. The molecule has 4 atom stereocenters. The van der Waals surface area contributed by atoms with Gasteiger partial charge in [-0.05, 0) is 49.6 Å². The number of nitrogens with one attached hydrogen (secondary N) is 1. The summed E-state index contributed by atoms with van der Waals surface area (Å²) in [5.41, 5.74) is 3.51. The Kier molecular flexibility index (Phi) is 7.16. The molecule has 2 aliphatic heterocycles. The summed E-state index contributed by atoms with van der Waals surface area (Å²) in [7, 11) is 1.67. The first-order valence-electron chi connectivity index (χ1n) is 14.8. The summed E-state index contributed by atoms with van der Waals surface area (Å²) in [4.78, 5) is 14.3. The molecule has 2 aromatic heterocycles. The Labute approximate surface area is 256 Å². The fraction of sp³-hybridized carbons (Fsp3) is 0.286. The van der Waals surface area contributed by atoms with Crippen LogP contribution in [0.3, 0.4) is 0 Å². The molecular weight excluding hydrogens is 554 g/mol. The Hall–Kier alpha value is -4.57. The molecule has 0 spiro atoms. The monoisotopic (exact) mass is 589 g/mol. The number of hydrogen-bond acceptors (Lipinski definition) is 8. The van der Waals surface area contributed by atoms with E-state index in [9.17, 15) is 0 Å². The number of nitrogens with zero attached hydrogens (tertiary/aromatic N) is 4. The third kappa shape index (κ3) is 4.73. The third-order valence-corrected chi connectivity index (χ3v) is 8.32. The molecule has 0 unspecified atom stereocenters. The van der Waals surface area contributed by atoms with Gasteiger partial charge in [0.1, 0.15) is 35.9 Å². The van der Waals surface area contributed by atoms with Gasteiger partial charge in [-0.25, -0.2) is 15.0 Å². The summed E-state index contributed by atoms with van der Waals surface area (Å²) in [6.45, 7) is 5.83. The number of rotatable bonds is 8. The number of anilines is 1. The molecule has 44 heavy (non-hydrogen) atoms. The van der Waals surface area contributed by atoms with Crippen LogP contribution in [0.2, 0.25) is 0 Å². The largest absolute Gasteiger partial charge is 0.497 e. The molecule has 0 bridgehead atoms. The molecular formula is C35H35N5O4. The van der Waals surface area contributed by atoms with E-state index in [0.717, 1.165) is 22.4 Å². The van der Waals surface area contributed by atoms with E-state index in [4.69, 9.17) is 28.9 Å². The highest BCUT2D eigenvalue weighted by atomic mass is 16.8. The lowest BCUT2D eigenvalue weighted by Gasteiger charge is -2.37. The lowest BCUT2D eigenvalue weighted by atomic mass is 9.77. The standard InChI is InChI=1S/C35H35N5O4/c1-5-12-27-29-30(44-34(2,3)43-29)33(42-27)40-22-38-28-31(36-21-37-32(28)40)39-35(23-13-8-6-9-14-23,24-15-10-7-11-16-24)25-17-19-26(41-4)20-18-25/h5-22,27,29-30,33H,1-4H3,(H,36,37,39)/b12-5+/t27-,29-,30-,33-/m1/s1. The highest BCUT2D eigenvalue weighted by Crippen LogP contribution is 2.45. The lowest BCUT2D eigenvalue weighted by molar-refractivity contribution is -0.191. The first-order chi connectivity index (χ1) is 21.4. The van der Waals surface area contributed by atoms with Gasteiger partial charge in [-0.2, -0.15) is 0 Å². The molecule has 7 rings (SSSR count). The molecule has 4 heterocycles. The normalized spacial score (nSPS) is 22.8. The number of benzene rings is 3. The summed E-state index contributed by atoms with van der Waals surface area (Å²) in [6, 6.07) is 28.8. The van der Waals surface area contributed by atoms with Crippen molar-refractivity contribution in [3.8, 4) is 5.75 Å². The molecule has 0 amide bonds.